The molecular formula is C23H21Br2N3O4S. The second kappa shape index (κ2) is 12.0. The number of fused-ring (bicyclic) bond motifs is 1. The van der Waals surface area contributed by atoms with Crippen molar-refractivity contribution in [3.05, 3.63) is 69.1 Å². The van der Waals surface area contributed by atoms with E-state index in [0.29, 0.717) is 11.5 Å². The minimum Gasteiger partial charge on any atom is -0.483 e. The summed E-state index contributed by atoms with van der Waals surface area (Å²) >= 11 is 11.9. The quantitative estimate of drug-likeness (QED) is 0.277. The van der Waals surface area contributed by atoms with Gasteiger partial charge < -0.3 is 9.47 Å². The minimum atomic E-state index is -0.470. The summed E-state index contributed by atoms with van der Waals surface area (Å²) in [6.45, 7) is 1.57. The van der Waals surface area contributed by atoms with E-state index in [4.69, 9.17) is 21.7 Å². The standard InChI is InChI=1S/C23H21Br2N3O4S/c1-2-14-7-9-18(17(24)11-14)31-12-20(29)26-23(33)28-27-21(30)13-32-19-10-8-15-5-3-4-6-16(15)22(19)25/h3-11H,2,12-13H2,1H3,(H,27,30)(H2,26,28,29,33). The topological polar surface area (TPSA) is 88.7 Å². The predicted molar refractivity (Wildman–Crippen MR) is 138 cm³/mol. The molecule has 0 atom stereocenters. The summed E-state index contributed by atoms with van der Waals surface area (Å²) in [5, 5.41) is 4.40. The van der Waals surface area contributed by atoms with Gasteiger partial charge in [-0.05, 0) is 85.0 Å². The number of benzene rings is 3. The molecule has 3 aromatic rings. The molecule has 0 aliphatic carbocycles. The van der Waals surface area contributed by atoms with Crippen LogP contribution < -0.4 is 25.6 Å². The molecular weight excluding hydrogens is 574 g/mol. The molecule has 33 heavy (non-hydrogen) atoms. The summed E-state index contributed by atoms with van der Waals surface area (Å²) in [6.07, 6.45) is 0.898. The number of carbonyl (C=O) groups excluding carboxylic acids is 2. The fraction of sp³-hybridized carbons (Fsp3) is 0.174. The Morgan fingerprint density at radius 3 is 2.36 bits per heavy atom. The van der Waals surface area contributed by atoms with Crippen LogP contribution in [0.25, 0.3) is 10.8 Å². The molecule has 0 bridgehead atoms. The van der Waals surface area contributed by atoms with Crippen molar-refractivity contribution in [2.75, 3.05) is 13.2 Å². The Morgan fingerprint density at radius 1 is 0.909 bits per heavy atom. The first-order chi connectivity index (χ1) is 15.9. The van der Waals surface area contributed by atoms with Crippen LogP contribution in [0.5, 0.6) is 11.5 Å². The van der Waals surface area contributed by atoms with E-state index in [1.807, 2.05) is 42.5 Å². The van der Waals surface area contributed by atoms with E-state index in [9.17, 15) is 9.59 Å². The third-order valence-electron chi connectivity index (χ3n) is 4.52. The van der Waals surface area contributed by atoms with Gasteiger partial charge in [-0.25, -0.2) is 0 Å². The van der Waals surface area contributed by atoms with Gasteiger partial charge in [0.1, 0.15) is 11.5 Å². The molecule has 0 spiro atoms. The zero-order chi connectivity index (χ0) is 23.8. The van der Waals surface area contributed by atoms with Gasteiger partial charge in [0.05, 0.1) is 8.95 Å². The van der Waals surface area contributed by atoms with Crippen molar-refractivity contribution < 1.29 is 19.1 Å². The van der Waals surface area contributed by atoms with Crippen LogP contribution in [0, 0.1) is 0 Å². The van der Waals surface area contributed by atoms with E-state index < -0.39 is 11.8 Å². The van der Waals surface area contributed by atoms with E-state index in [1.54, 1.807) is 12.1 Å². The Labute approximate surface area is 213 Å². The van der Waals surface area contributed by atoms with Gasteiger partial charge >= 0.3 is 0 Å². The van der Waals surface area contributed by atoms with Crippen LogP contribution >= 0.6 is 44.1 Å². The lowest BCUT2D eigenvalue weighted by molar-refractivity contribution is -0.124. The summed E-state index contributed by atoms with van der Waals surface area (Å²) < 4.78 is 12.6. The summed E-state index contributed by atoms with van der Waals surface area (Å²) in [4.78, 5) is 24.1. The number of aryl methyl sites for hydroxylation is 1. The summed E-state index contributed by atoms with van der Waals surface area (Å²) in [5.41, 5.74) is 5.99. The first-order valence-electron chi connectivity index (χ1n) is 9.97. The average molecular weight is 595 g/mol. The van der Waals surface area contributed by atoms with Gasteiger partial charge in [0.15, 0.2) is 18.3 Å². The lowest BCUT2D eigenvalue weighted by Gasteiger charge is -2.13. The Hall–Kier alpha value is -2.69. The maximum atomic E-state index is 12.1. The SMILES string of the molecule is CCc1ccc(OCC(=O)NC(=S)NNC(=O)COc2ccc3ccccc3c2Br)c(Br)c1. The summed E-state index contributed by atoms with van der Waals surface area (Å²) in [5.74, 6) is 0.147. The zero-order valence-electron chi connectivity index (χ0n) is 17.6. The van der Waals surface area contributed by atoms with E-state index in [0.717, 1.165) is 31.7 Å². The van der Waals surface area contributed by atoms with Crippen LogP contribution in [-0.2, 0) is 16.0 Å². The highest BCUT2D eigenvalue weighted by molar-refractivity contribution is 9.11. The van der Waals surface area contributed by atoms with Crippen LogP contribution in [0.4, 0.5) is 0 Å². The molecule has 10 heteroatoms. The molecule has 3 rings (SSSR count). The fourth-order valence-electron chi connectivity index (χ4n) is 2.85. The van der Waals surface area contributed by atoms with Crippen molar-refractivity contribution in [1.82, 2.24) is 16.2 Å². The van der Waals surface area contributed by atoms with Gasteiger partial charge in [0.25, 0.3) is 11.8 Å². The third-order valence-corrected chi connectivity index (χ3v) is 6.16. The van der Waals surface area contributed by atoms with Crippen molar-refractivity contribution in [1.29, 1.82) is 0 Å². The fourth-order valence-corrected chi connectivity index (χ4v) is 4.16. The molecule has 3 N–H and O–H groups in total. The van der Waals surface area contributed by atoms with Crippen molar-refractivity contribution >= 4 is 71.8 Å². The molecule has 0 heterocycles. The third kappa shape index (κ3) is 7.15. The molecule has 0 aliphatic heterocycles. The first kappa shape index (κ1) is 24.9. The maximum absolute atomic E-state index is 12.1. The van der Waals surface area contributed by atoms with Crippen molar-refractivity contribution in [2.45, 2.75) is 13.3 Å². The van der Waals surface area contributed by atoms with Crippen LogP contribution in [0.2, 0.25) is 0 Å². The van der Waals surface area contributed by atoms with Gasteiger partial charge in [-0.15, -0.1) is 0 Å². The van der Waals surface area contributed by atoms with Crippen LogP contribution in [0.3, 0.4) is 0 Å². The summed E-state index contributed by atoms with van der Waals surface area (Å²) in [7, 11) is 0. The van der Waals surface area contributed by atoms with Gasteiger partial charge in [-0.2, -0.15) is 0 Å². The first-order valence-corrected chi connectivity index (χ1v) is 12.0. The minimum absolute atomic E-state index is 0.0655. The average Bonchev–Trinajstić information content (AvgIpc) is 2.81. The number of hydrogen-bond donors (Lipinski definition) is 3. The van der Waals surface area contributed by atoms with Crippen molar-refractivity contribution in [3.63, 3.8) is 0 Å². The maximum Gasteiger partial charge on any atom is 0.276 e. The Balaban J connectivity index is 1.40. The number of carbonyl (C=O) groups is 2. The van der Waals surface area contributed by atoms with E-state index in [-0.39, 0.29) is 18.3 Å². The molecule has 2 amide bonds. The number of ether oxygens (including phenoxy) is 2. The van der Waals surface area contributed by atoms with Crippen LogP contribution in [-0.4, -0.2) is 30.1 Å². The number of nitrogens with one attached hydrogen (secondary N) is 3. The monoisotopic (exact) mass is 593 g/mol. The lowest BCUT2D eigenvalue weighted by atomic mass is 10.1. The molecule has 0 aliphatic rings. The second-order valence-corrected chi connectivity index (χ2v) is 8.90. The van der Waals surface area contributed by atoms with Crippen molar-refractivity contribution in [2.24, 2.45) is 0 Å². The van der Waals surface area contributed by atoms with E-state index >= 15 is 0 Å². The Kier molecular flexibility index (Phi) is 9.04. The van der Waals surface area contributed by atoms with Crippen molar-refractivity contribution in [3.8, 4) is 11.5 Å². The van der Waals surface area contributed by atoms with Gasteiger partial charge in [0.2, 0.25) is 0 Å². The van der Waals surface area contributed by atoms with Gasteiger partial charge in [0, 0.05) is 0 Å². The number of rotatable bonds is 7. The van der Waals surface area contributed by atoms with Crippen LogP contribution in [0.15, 0.2) is 63.5 Å². The molecule has 0 aromatic heterocycles. The van der Waals surface area contributed by atoms with Gasteiger partial charge in [-0.3, -0.25) is 25.8 Å². The number of hydrogen-bond acceptors (Lipinski definition) is 5. The molecule has 3 aromatic carbocycles. The molecule has 0 radical (unpaired) electrons. The largest absolute Gasteiger partial charge is 0.483 e. The van der Waals surface area contributed by atoms with Crippen LogP contribution in [0.1, 0.15) is 12.5 Å². The molecule has 0 unspecified atom stereocenters. The highest BCUT2D eigenvalue weighted by Crippen LogP contribution is 2.33. The predicted octanol–water partition coefficient (Wildman–Crippen LogP) is 4.41. The number of hydrazine groups is 1. The highest BCUT2D eigenvalue weighted by atomic mass is 79.9. The second-order valence-electron chi connectivity index (χ2n) is 6.84. The number of amides is 2. The normalized spacial score (nSPS) is 10.4. The molecule has 7 nitrogen and oxygen atoms in total. The molecule has 172 valence electrons. The summed E-state index contributed by atoms with van der Waals surface area (Å²) in [6, 6.07) is 17.2. The van der Waals surface area contributed by atoms with Gasteiger partial charge in [-0.1, -0.05) is 43.3 Å². The number of thiocarbonyl (C=S) groups is 1. The van der Waals surface area contributed by atoms with E-state index in [1.165, 1.54) is 0 Å². The Morgan fingerprint density at radius 2 is 1.61 bits per heavy atom. The number of halogens is 2. The van der Waals surface area contributed by atoms with E-state index in [2.05, 4.69) is 55.0 Å². The molecule has 0 saturated heterocycles. The molecule has 0 saturated carbocycles. The highest BCUT2D eigenvalue weighted by Gasteiger charge is 2.11. The lowest BCUT2D eigenvalue weighted by Crippen LogP contribution is -2.50. The molecule has 0 fully saturated rings. The zero-order valence-corrected chi connectivity index (χ0v) is 21.6. The smallest absolute Gasteiger partial charge is 0.276 e. The Bertz CT molecular complexity index is 1190.